The number of hydrogen-bond donors (Lipinski definition) is 1. The Kier molecular flexibility index (Phi) is 8.28. The van der Waals surface area contributed by atoms with Crippen molar-refractivity contribution in [3.8, 4) is 28.0 Å². The summed E-state index contributed by atoms with van der Waals surface area (Å²) in [5.41, 5.74) is 7.37. The first-order valence-corrected chi connectivity index (χ1v) is 11.5. The third-order valence-corrected chi connectivity index (χ3v) is 5.64. The summed E-state index contributed by atoms with van der Waals surface area (Å²) in [5.74, 6) is 0.742. The van der Waals surface area contributed by atoms with Gasteiger partial charge in [-0.2, -0.15) is 0 Å². The van der Waals surface area contributed by atoms with Crippen molar-refractivity contribution in [3.05, 3.63) is 77.9 Å². The summed E-state index contributed by atoms with van der Waals surface area (Å²) < 4.78 is 5.69. The minimum Gasteiger partial charge on any atom is -0.449 e. The molecule has 0 radical (unpaired) electrons. The van der Waals surface area contributed by atoms with Crippen molar-refractivity contribution in [1.29, 1.82) is 0 Å². The highest BCUT2D eigenvalue weighted by molar-refractivity contribution is 7.25. The Hall–Kier alpha value is -2.15. The van der Waals surface area contributed by atoms with Gasteiger partial charge in [0.15, 0.2) is 0 Å². The molecule has 1 N–H and O–H groups in total. The van der Waals surface area contributed by atoms with Gasteiger partial charge in [-0.05, 0) is 59.6 Å². The lowest BCUT2D eigenvalue weighted by Crippen LogP contribution is -1.97. The van der Waals surface area contributed by atoms with E-state index in [1.165, 1.54) is 36.0 Å². The molecule has 3 rings (SSSR count). The molecule has 0 heterocycles. The van der Waals surface area contributed by atoms with E-state index in [4.69, 9.17) is 4.52 Å². The molecule has 0 amide bonds. The summed E-state index contributed by atoms with van der Waals surface area (Å²) in [6, 6.07) is 23.4. The largest absolute Gasteiger partial charge is 0.449 e. The van der Waals surface area contributed by atoms with Gasteiger partial charge in [-0.15, -0.1) is 0 Å². The average Bonchev–Trinajstić information content (AvgIpc) is 2.77. The molecule has 2 nitrogen and oxygen atoms in total. The van der Waals surface area contributed by atoms with Crippen LogP contribution in [0.3, 0.4) is 0 Å². The first-order chi connectivity index (χ1) is 14.3. The molecule has 0 aliphatic rings. The fourth-order valence-electron chi connectivity index (χ4n) is 3.80. The maximum Gasteiger partial charge on any atom is 0.212 e. The van der Waals surface area contributed by atoms with Gasteiger partial charge in [0.1, 0.15) is 5.75 Å². The van der Waals surface area contributed by atoms with E-state index in [1.807, 2.05) is 18.2 Å². The second kappa shape index (κ2) is 11.1. The summed E-state index contributed by atoms with van der Waals surface area (Å²) in [5, 5.41) is 0. The molecule has 0 aliphatic carbocycles. The summed E-state index contributed by atoms with van der Waals surface area (Å²) >= 11 is 0. The summed E-state index contributed by atoms with van der Waals surface area (Å²) in [6.45, 7) is 4.47. The lowest BCUT2D eigenvalue weighted by molar-refractivity contribution is 0.515. The standard InChI is InChI=1S/C26H31O2P/c1-3-5-11-20-17-18-24(22(19-20)12-6-4-2)26-23(21-13-8-7-9-14-21)15-10-16-25(26)28-29-27/h7-10,13-19,27,29H,3-6,11-12H2,1-2H3. The van der Waals surface area contributed by atoms with Gasteiger partial charge in [0.25, 0.3) is 0 Å². The molecule has 0 saturated carbocycles. The summed E-state index contributed by atoms with van der Waals surface area (Å²) in [6.07, 6.45) is 6.93. The van der Waals surface area contributed by atoms with Crippen LogP contribution in [0.1, 0.15) is 50.7 Å². The molecule has 152 valence electrons. The van der Waals surface area contributed by atoms with Crippen LogP contribution in [0.4, 0.5) is 0 Å². The molecule has 0 aliphatic heterocycles. The van der Waals surface area contributed by atoms with Gasteiger partial charge in [-0.25, -0.2) is 0 Å². The molecule has 0 spiro atoms. The van der Waals surface area contributed by atoms with Crippen molar-refractivity contribution < 1.29 is 9.42 Å². The van der Waals surface area contributed by atoms with Crippen LogP contribution in [0.15, 0.2) is 66.7 Å². The molecular weight excluding hydrogens is 375 g/mol. The van der Waals surface area contributed by atoms with E-state index in [0.29, 0.717) is 0 Å². The van der Waals surface area contributed by atoms with Gasteiger partial charge in [-0.1, -0.05) is 87.4 Å². The second-order valence-electron chi connectivity index (χ2n) is 7.44. The Morgan fingerprint density at radius 3 is 2.28 bits per heavy atom. The highest BCUT2D eigenvalue weighted by Gasteiger charge is 2.17. The molecule has 29 heavy (non-hydrogen) atoms. The molecule has 0 saturated heterocycles. The van der Waals surface area contributed by atoms with Gasteiger partial charge in [-0.3, -0.25) is 0 Å². The quantitative estimate of drug-likeness (QED) is 0.352. The van der Waals surface area contributed by atoms with Crippen molar-refractivity contribution in [1.82, 2.24) is 0 Å². The summed E-state index contributed by atoms with van der Waals surface area (Å²) in [4.78, 5) is 9.51. The normalized spacial score (nSPS) is 11.3. The van der Waals surface area contributed by atoms with Crippen molar-refractivity contribution in [2.45, 2.75) is 52.4 Å². The number of benzene rings is 3. The highest BCUT2D eigenvalue weighted by Crippen LogP contribution is 2.42. The van der Waals surface area contributed by atoms with Crippen LogP contribution < -0.4 is 4.52 Å². The van der Waals surface area contributed by atoms with Crippen molar-refractivity contribution in [3.63, 3.8) is 0 Å². The molecule has 3 heteroatoms. The number of rotatable bonds is 10. The molecule has 0 fully saturated rings. The predicted octanol–water partition coefficient (Wildman–Crippen LogP) is 7.59. The van der Waals surface area contributed by atoms with Gasteiger partial charge >= 0.3 is 0 Å². The lowest BCUT2D eigenvalue weighted by Gasteiger charge is -2.19. The zero-order valence-corrected chi connectivity index (χ0v) is 18.4. The van der Waals surface area contributed by atoms with Crippen molar-refractivity contribution in [2.24, 2.45) is 0 Å². The fourth-order valence-corrected chi connectivity index (χ4v) is 4.07. The van der Waals surface area contributed by atoms with Crippen molar-refractivity contribution >= 4 is 9.03 Å². The molecule has 0 aromatic heterocycles. The fraction of sp³-hybridized carbons (Fsp3) is 0.308. The average molecular weight is 407 g/mol. The van der Waals surface area contributed by atoms with E-state index in [1.54, 1.807) is 0 Å². The smallest absolute Gasteiger partial charge is 0.212 e. The van der Waals surface area contributed by atoms with E-state index in [2.05, 4.69) is 62.4 Å². The molecular formula is C26H31O2P. The maximum absolute atomic E-state index is 9.51. The van der Waals surface area contributed by atoms with Crippen LogP contribution >= 0.6 is 9.03 Å². The molecule has 0 bridgehead atoms. The van der Waals surface area contributed by atoms with Gasteiger partial charge in [0.2, 0.25) is 9.03 Å². The van der Waals surface area contributed by atoms with Gasteiger partial charge in [0, 0.05) is 5.56 Å². The highest BCUT2D eigenvalue weighted by atomic mass is 31.1. The SMILES string of the molecule is CCCCc1ccc(-c2c(OPO)cccc2-c2ccccc2)c(CCCC)c1. The van der Waals surface area contributed by atoms with Crippen LogP contribution in [0.5, 0.6) is 5.75 Å². The van der Waals surface area contributed by atoms with Crippen LogP contribution in [0.25, 0.3) is 22.3 Å². The Morgan fingerprint density at radius 2 is 1.55 bits per heavy atom. The first-order valence-electron chi connectivity index (χ1n) is 10.6. The topological polar surface area (TPSA) is 29.5 Å². The Balaban J connectivity index is 2.17. The number of unbranched alkanes of at least 4 members (excludes halogenated alkanes) is 2. The monoisotopic (exact) mass is 406 g/mol. The first kappa shape index (κ1) is 21.6. The van der Waals surface area contributed by atoms with Crippen LogP contribution in [0.2, 0.25) is 0 Å². The Morgan fingerprint density at radius 1 is 0.793 bits per heavy atom. The molecule has 3 aromatic rings. The lowest BCUT2D eigenvalue weighted by atomic mass is 9.88. The maximum atomic E-state index is 9.51. The zero-order valence-electron chi connectivity index (χ0n) is 17.4. The van der Waals surface area contributed by atoms with Crippen molar-refractivity contribution in [2.75, 3.05) is 0 Å². The van der Waals surface area contributed by atoms with Crippen LogP contribution in [-0.4, -0.2) is 4.89 Å². The van der Waals surface area contributed by atoms with E-state index in [0.717, 1.165) is 41.7 Å². The second-order valence-corrected chi connectivity index (χ2v) is 7.82. The van der Waals surface area contributed by atoms with E-state index in [-0.39, 0.29) is 0 Å². The Labute approximate surface area is 176 Å². The third-order valence-electron chi connectivity index (χ3n) is 5.32. The van der Waals surface area contributed by atoms with E-state index in [9.17, 15) is 4.89 Å². The molecule has 3 aromatic carbocycles. The Bertz CT molecular complexity index is 906. The van der Waals surface area contributed by atoms with Crippen LogP contribution in [-0.2, 0) is 12.8 Å². The molecule has 1 unspecified atom stereocenters. The van der Waals surface area contributed by atoms with Gasteiger partial charge < -0.3 is 9.42 Å². The van der Waals surface area contributed by atoms with E-state index < -0.39 is 9.03 Å². The molecule has 1 atom stereocenters. The zero-order chi connectivity index (χ0) is 20.5. The number of hydrogen-bond acceptors (Lipinski definition) is 2. The third kappa shape index (κ3) is 5.47. The summed E-state index contributed by atoms with van der Waals surface area (Å²) in [7, 11) is -0.574. The predicted molar refractivity (Wildman–Crippen MR) is 126 cm³/mol. The minimum absolute atomic E-state index is 0.574. The van der Waals surface area contributed by atoms with Gasteiger partial charge in [0.05, 0.1) is 0 Å². The minimum atomic E-state index is -0.574. The van der Waals surface area contributed by atoms with Crippen LogP contribution in [0, 0.1) is 0 Å². The number of aryl methyl sites for hydroxylation is 2. The van der Waals surface area contributed by atoms with E-state index >= 15 is 0 Å².